The normalized spacial score (nSPS) is 38.2. The Balaban J connectivity index is 1.41. The predicted octanol–water partition coefficient (Wildman–Crippen LogP) is 5.75. The van der Waals surface area contributed by atoms with Gasteiger partial charge in [-0.25, -0.2) is 0 Å². The predicted molar refractivity (Wildman–Crippen MR) is 133 cm³/mol. The van der Waals surface area contributed by atoms with Crippen LogP contribution in [0.2, 0.25) is 0 Å². The first-order valence-electron chi connectivity index (χ1n) is 13.9. The summed E-state index contributed by atoms with van der Waals surface area (Å²) in [7, 11) is 0. The first kappa shape index (κ1) is 26.4. The summed E-state index contributed by atoms with van der Waals surface area (Å²) in [5.74, 6) is 0.952. The third-order valence-electron chi connectivity index (χ3n) is 8.40. The van der Waals surface area contributed by atoms with Crippen LogP contribution in [-0.4, -0.2) is 43.1 Å². The molecule has 2 saturated heterocycles. The second-order valence-electron chi connectivity index (χ2n) is 11.3. The molecule has 2 unspecified atom stereocenters. The van der Waals surface area contributed by atoms with Gasteiger partial charge in [-0.1, -0.05) is 45.9 Å². The molecule has 0 saturated carbocycles. The number of esters is 2. The molecule has 0 spiro atoms. The highest BCUT2D eigenvalue weighted by Crippen LogP contribution is 2.45. The van der Waals surface area contributed by atoms with Gasteiger partial charge in [0.1, 0.15) is 12.2 Å². The van der Waals surface area contributed by atoms with E-state index in [1.807, 2.05) is 13.8 Å². The van der Waals surface area contributed by atoms with Crippen LogP contribution in [0.4, 0.5) is 0 Å². The number of hydrogen-bond acceptors (Lipinski definition) is 6. The highest BCUT2D eigenvalue weighted by molar-refractivity contribution is 5.72. The van der Waals surface area contributed by atoms with Crippen LogP contribution in [0.3, 0.4) is 0 Å². The maximum atomic E-state index is 12.7. The average Bonchev–Trinajstić information content (AvgIpc) is 2.83. The Kier molecular flexibility index (Phi) is 9.09. The van der Waals surface area contributed by atoms with Crippen molar-refractivity contribution in [3.63, 3.8) is 0 Å². The lowest BCUT2D eigenvalue weighted by atomic mass is 9.65. The van der Waals surface area contributed by atoms with E-state index in [0.29, 0.717) is 24.2 Å². The highest BCUT2D eigenvalue weighted by atomic mass is 16.7. The molecular weight excluding hydrogens is 444 g/mol. The van der Waals surface area contributed by atoms with Crippen molar-refractivity contribution >= 4 is 11.9 Å². The zero-order valence-corrected chi connectivity index (χ0v) is 21.9. The molecule has 4 rings (SSSR count). The Bertz CT molecular complexity index is 797. The minimum atomic E-state index is -0.193. The third-order valence-corrected chi connectivity index (χ3v) is 8.40. The van der Waals surface area contributed by atoms with Crippen LogP contribution >= 0.6 is 0 Å². The third kappa shape index (κ3) is 6.76. The van der Waals surface area contributed by atoms with Crippen molar-refractivity contribution in [3.05, 3.63) is 23.8 Å². The molecule has 2 fully saturated rings. The Labute approximate surface area is 210 Å². The summed E-state index contributed by atoms with van der Waals surface area (Å²) < 4.78 is 23.7. The van der Waals surface area contributed by atoms with E-state index in [1.165, 1.54) is 5.57 Å². The second-order valence-corrected chi connectivity index (χ2v) is 11.3. The van der Waals surface area contributed by atoms with Crippen LogP contribution in [0.25, 0.3) is 0 Å². The maximum Gasteiger partial charge on any atom is 0.308 e. The summed E-state index contributed by atoms with van der Waals surface area (Å²) >= 11 is 0. The number of carbonyl (C=O) groups is 2. The second kappa shape index (κ2) is 12.1. The van der Waals surface area contributed by atoms with E-state index in [-0.39, 0.29) is 48.4 Å². The Morgan fingerprint density at radius 3 is 2.77 bits per heavy atom. The van der Waals surface area contributed by atoms with E-state index in [0.717, 1.165) is 58.0 Å². The van der Waals surface area contributed by atoms with E-state index < -0.39 is 0 Å². The first-order chi connectivity index (χ1) is 16.8. The molecule has 0 aromatic heterocycles. The molecule has 0 aromatic carbocycles. The van der Waals surface area contributed by atoms with Gasteiger partial charge < -0.3 is 18.9 Å². The molecule has 2 aliphatic heterocycles. The minimum Gasteiger partial charge on any atom is -0.462 e. The number of hydrogen-bond donors (Lipinski definition) is 0. The van der Waals surface area contributed by atoms with Gasteiger partial charge in [-0.05, 0) is 68.3 Å². The van der Waals surface area contributed by atoms with Gasteiger partial charge in [0.25, 0.3) is 0 Å². The van der Waals surface area contributed by atoms with Gasteiger partial charge in [0.05, 0.1) is 18.4 Å². The van der Waals surface area contributed by atoms with Gasteiger partial charge >= 0.3 is 11.9 Å². The van der Waals surface area contributed by atoms with Gasteiger partial charge in [0, 0.05) is 18.9 Å². The van der Waals surface area contributed by atoms with Crippen molar-refractivity contribution in [2.75, 3.05) is 6.61 Å². The van der Waals surface area contributed by atoms with Crippen LogP contribution < -0.4 is 0 Å². The standard InChI is InChI=1S/C29H44O6/c1-5-19(3)29(31)35-25-15-18(2)14-21-10-9-20(4)24(28(21)25)12-11-22-16-23(17-26(30)33-22)34-27-8-6-7-13-32-27/h9-10,14,18-20,22-25,27-28H,5-8,11-13,15-17H2,1-4H3/t18-,19-,20-,22+,23+,24-,25?,27?,28-/m0/s1. The van der Waals surface area contributed by atoms with Crippen LogP contribution in [0.1, 0.15) is 85.5 Å². The van der Waals surface area contributed by atoms with Gasteiger partial charge in [-0.15, -0.1) is 0 Å². The van der Waals surface area contributed by atoms with Gasteiger partial charge in [0.15, 0.2) is 6.29 Å². The van der Waals surface area contributed by atoms with Crippen molar-refractivity contribution in [1.82, 2.24) is 0 Å². The quantitative estimate of drug-likeness (QED) is 0.405. The zero-order valence-electron chi connectivity index (χ0n) is 21.9. The molecular formula is C29H44O6. The molecule has 2 aliphatic carbocycles. The SMILES string of the molecule is CC[C@H](C)C(=O)OC1C[C@@H](C)C=C2C=C[C@H](C)[C@H](CC[C@@H]3C[C@@H](OC4CCCCO4)CC(=O)O3)[C@H]21. The first-order valence-corrected chi connectivity index (χ1v) is 13.9. The molecule has 0 bridgehead atoms. The van der Waals surface area contributed by atoms with Crippen molar-refractivity contribution in [2.45, 2.75) is 110 Å². The molecule has 0 N–H and O–H groups in total. The number of allylic oxidation sites excluding steroid dienone is 3. The summed E-state index contributed by atoms with van der Waals surface area (Å²) in [6.45, 7) is 9.16. The molecule has 196 valence electrons. The lowest BCUT2D eigenvalue weighted by molar-refractivity contribution is -0.209. The van der Waals surface area contributed by atoms with Crippen molar-refractivity contribution in [1.29, 1.82) is 0 Å². The fraction of sp³-hybridized carbons (Fsp3) is 0.793. The molecule has 6 nitrogen and oxygen atoms in total. The molecule has 0 radical (unpaired) electrons. The number of carbonyl (C=O) groups excluding carboxylic acids is 2. The Morgan fingerprint density at radius 1 is 1.20 bits per heavy atom. The monoisotopic (exact) mass is 488 g/mol. The van der Waals surface area contributed by atoms with E-state index in [9.17, 15) is 9.59 Å². The molecule has 2 heterocycles. The van der Waals surface area contributed by atoms with Gasteiger partial charge in [-0.3, -0.25) is 9.59 Å². The Hall–Kier alpha value is -1.66. The lowest BCUT2D eigenvalue weighted by Crippen LogP contribution is -2.42. The fourth-order valence-corrected chi connectivity index (χ4v) is 6.19. The van der Waals surface area contributed by atoms with E-state index >= 15 is 0 Å². The summed E-state index contributed by atoms with van der Waals surface area (Å²) in [6, 6.07) is 0. The van der Waals surface area contributed by atoms with Gasteiger partial charge in [-0.2, -0.15) is 0 Å². The smallest absolute Gasteiger partial charge is 0.308 e. The molecule has 0 aromatic rings. The minimum absolute atomic E-state index is 0.0820. The topological polar surface area (TPSA) is 71.1 Å². The summed E-state index contributed by atoms with van der Waals surface area (Å²) in [6.07, 6.45) is 13.8. The van der Waals surface area contributed by atoms with E-state index in [4.69, 9.17) is 18.9 Å². The van der Waals surface area contributed by atoms with Crippen molar-refractivity contribution in [2.24, 2.45) is 29.6 Å². The molecule has 4 aliphatic rings. The van der Waals surface area contributed by atoms with Crippen LogP contribution in [0, 0.1) is 29.6 Å². The van der Waals surface area contributed by atoms with Crippen LogP contribution in [0.15, 0.2) is 23.8 Å². The van der Waals surface area contributed by atoms with Crippen LogP contribution in [-0.2, 0) is 28.5 Å². The summed E-state index contributed by atoms with van der Waals surface area (Å²) in [4.78, 5) is 25.1. The molecule has 9 atom stereocenters. The maximum absolute atomic E-state index is 12.7. The summed E-state index contributed by atoms with van der Waals surface area (Å²) in [5.41, 5.74) is 1.30. The molecule has 6 heteroatoms. The number of cyclic esters (lactones) is 1. The lowest BCUT2D eigenvalue weighted by Gasteiger charge is -2.43. The van der Waals surface area contributed by atoms with Crippen molar-refractivity contribution < 1.29 is 28.5 Å². The highest BCUT2D eigenvalue weighted by Gasteiger charge is 2.42. The van der Waals surface area contributed by atoms with Crippen LogP contribution in [0.5, 0.6) is 0 Å². The number of fused-ring (bicyclic) bond motifs is 1. The Morgan fingerprint density at radius 2 is 2.03 bits per heavy atom. The number of rotatable bonds is 8. The average molecular weight is 489 g/mol. The zero-order chi connectivity index (χ0) is 24.9. The van der Waals surface area contributed by atoms with E-state index in [2.05, 4.69) is 32.1 Å². The largest absolute Gasteiger partial charge is 0.462 e. The van der Waals surface area contributed by atoms with E-state index in [1.54, 1.807) is 0 Å². The van der Waals surface area contributed by atoms with Crippen molar-refractivity contribution in [3.8, 4) is 0 Å². The molecule has 35 heavy (non-hydrogen) atoms. The molecule has 0 amide bonds. The summed E-state index contributed by atoms with van der Waals surface area (Å²) in [5, 5.41) is 0. The van der Waals surface area contributed by atoms with Gasteiger partial charge in [0.2, 0.25) is 0 Å². The number of ether oxygens (including phenoxy) is 4. The fourth-order valence-electron chi connectivity index (χ4n) is 6.19.